The molecule has 53 heavy (non-hydrogen) atoms. The minimum Gasteiger partial charge on any atom is -0.481 e. The van der Waals surface area contributed by atoms with E-state index >= 15 is 0 Å². The standard InChI is InChI=1S/C38H41Cl2N7O4.C2H6/c1-21-19-29-32(37(49)47(5)38(50)46(29)4)35(42-21)43-26-14-10-12-24(34(26)40)23-11-9-13-25(33(23)39)27-20-22-16-17-28(31(22)36(44-27)51-6)45(3)18-8-7-15-30(48)41-2;1-2/h9-14,19-20,28H,7-8,15-18H2,1-6H3,(H,41,48)(H,42,43);1-2H3. The number of rotatable bonds is 11. The number of hydrogen-bond acceptors (Lipinski definition) is 8. The van der Waals surface area contributed by atoms with Gasteiger partial charge < -0.3 is 15.4 Å². The molecule has 1 unspecified atom stereocenters. The zero-order valence-corrected chi connectivity index (χ0v) is 33.1. The van der Waals surface area contributed by atoms with Gasteiger partial charge in [-0.2, -0.15) is 0 Å². The van der Waals surface area contributed by atoms with E-state index in [2.05, 4.69) is 33.6 Å². The van der Waals surface area contributed by atoms with Crippen LogP contribution >= 0.6 is 23.2 Å². The number of aryl methyl sites for hydroxylation is 3. The first kappa shape index (κ1) is 39.5. The number of anilines is 2. The number of carbonyl (C=O) groups is 1. The molecule has 11 nitrogen and oxygen atoms in total. The van der Waals surface area contributed by atoms with Crippen molar-refractivity contribution in [1.29, 1.82) is 0 Å². The number of aromatic nitrogens is 4. The Bertz CT molecular complexity index is 2290. The summed E-state index contributed by atoms with van der Waals surface area (Å²) in [6.07, 6.45) is 4.10. The number of amides is 1. The van der Waals surface area contributed by atoms with Crippen LogP contribution in [0.25, 0.3) is 33.3 Å². The lowest BCUT2D eigenvalue weighted by Crippen LogP contribution is -2.37. The van der Waals surface area contributed by atoms with Crippen LogP contribution in [-0.4, -0.2) is 57.7 Å². The van der Waals surface area contributed by atoms with Gasteiger partial charge in [-0.05, 0) is 70.0 Å². The molecule has 0 saturated carbocycles. The fourth-order valence-corrected chi connectivity index (χ4v) is 7.55. The predicted molar refractivity (Wildman–Crippen MR) is 215 cm³/mol. The highest BCUT2D eigenvalue weighted by atomic mass is 35.5. The quantitative estimate of drug-likeness (QED) is 0.132. The molecular weight excluding hydrogens is 713 g/mol. The summed E-state index contributed by atoms with van der Waals surface area (Å²) in [5, 5.41) is 7.09. The molecule has 2 N–H and O–H groups in total. The SMILES string of the molecule is CC.CNC(=O)CCCCN(C)C1CCc2cc(-c3cccc(-c4cccc(Nc5nc(C)cc6c5c(=O)n(C)c(=O)n6C)c4Cl)c3Cl)nc(OC)c21. The number of nitrogens with one attached hydrogen (secondary N) is 2. The second-order valence-corrected chi connectivity index (χ2v) is 13.7. The number of ether oxygens (including phenoxy) is 1. The van der Waals surface area contributed by atoms with Crippen LogP contribution in [0.2, 0.25) is 10.0 Å². The van der Waals surface area contributed by atoms with E-state index in [1.165, 1.54) is 17.2 Å². The molecule has 0 saturated heterocycles. The highest BCUT2D eigenvalue weighted by Gasteiger charge is 2.31. The number of nitrogens with zero attached hydrogens (tertiary/aromatic N) is 5. The molecule has 1 atom stereocenters. The fourth-order valence-electron chi connectivity index (χ4n) is 6.95. The Labute approximate surface area is 319 Å². The summed E-state index contributed by atoms with van der Waals surface area (Å²) in [5.74, 6) is 0.935. The molecule has 2 aromatic carbocycles. The Hall–Kier alpha value is -4.71. The third-order valence-corrected chi connectivity index (χ3v) is 10.5. The number of fused-ring (bicyclic) bond motifs is 2. The topological polar surface area (TPSA) is 123 Å². The Morgan fingerprint density at radius 1 is 0.981 bits per heavy atom. The maximum Gasteiger partial charge on any atom is 0.330 e. The van der Waals surface area contributed by atoms with E-state index < -0.39 is 11.2 Å². The molecule has 0 radical (unpaired) electrons. The lowest BCUT2D eigenvalue weighted by Gasteiger charge is -2.26. The summed E-state index contributed by atoms with van der Waals surface area (Å²) in [5.41, 5.74) is 5.83. The zero-order chi connectivity index (χ0) is 38.6. The number of carbonyl (C=O) groups excluding carboxylic acids is 1. The van der Waals surface area contributed by atoms with Crippen molar-refractivity contribution < 1.29 is 9.53 Å². The Balaban J connectivity index is 0.00000266. The minimum absolute atomic E-state index is 0.0631. The summed E-state index contributed by atoms with van der Waals surface area (Å²) in [6.45, 7) is 6.66. The van der Waals surface area contributed by atoms with Gasteiger partial charge in [0.2, 0.25) is 11.8 Å². The minimum atomic E-state index is -0.459. The summed E-state index contributed by atoms with van der Waals surface area (Å²) < 4.78 is 8.36. The summed E-state index contributed by atoms with van der Waals surface area (Å²) in [7, 11) is 8.48. The van der Waals surface area contributed by atoms with Gasteiger partial charge in [-0.25, -0.2) is 14.8 Å². The lowest BCUT2D eigenvalue weighted by molar-refractivity contribution is -0.120. The fraction of sp³-hybridized carbons (Fsp3) is 0.375. The summed E-state index contributed by atoms with van der Waals surface area (Å²) in [6, 6.07) is 15.3. The van der Waals surface area contributed by atoms with E-state index in [-0.39, 0.29) is 17.3 Å². The van der Waals surface area contributed by atoms with Gasteiger partial charge in [-0.1, -0.05) is 67.4 Å². The second-order valence-electron chi connectivity index (χ2n) is 12.9. The van der Waals surface area contributed by atoms with Gasteiger partial charge in [0.05, 0.1) is 34.1 Å². The third kappa shape index (κ3) is 7.83. The normalized spacial score (nSPS) is 13.5. The van der Waals surface area contributed by atoms with Crippen molar-refractivity contribution in [2.24, 2.45) is 14.1 Å². The monoisotopic (exact) mass is 759 g/mol. The Morgan fingerprint density at radius 2 is 1.66 bits per heavy atom. The van der Waals surface area contributed by atoms with E-state index in [9.17, 15) is 14.4 Å². The van der Waals surface area contributed by atoms with Gasteiger partial charge in [-0.15, -0.1) is 0 Å². The second kappa shape index (κ2) is 17.0. The molecule has 3 heterocycles. The number of halogens is 2. The van der Waals surface area contributed by atoms with E-state index in [1.807, 2.05) is 44.2 Å². The zero-order valence-electron chi connectivity index (χ0n) is 31.6. The predicted octanol–water partition coefficient (Wildman–Crippen LogP) is 7.59. The average molecular weight is 761 g/mol. The molecule has 3 aromatic heterocycles. The van der Waals surface area contributed by atoms with Crippen molar-refractivity contribution in [3.8, 4) is 28.3 Å². The van der Waals surface area contributed by atoms with E-state index in [0.29, 0.717) is 61.9 Å². The maximum absolute atomic E-state index is 13.3. The first-order valence-electron chi connectivity index (χ1n) is 17.9. The van der Waals surface area contributed by atoms with Gasteiger partial charge in [0.25, 0.3) is 5.56 Å². The van der Waals surface area contributed by atoms with E-state index in [4.69, 9.17) is 32.9 Å². The molecular formula is C40H47Cl2N7O4. The van der Waals surface area contributed by atoms with Crippen LogP contribution in [0.4, 0.5) is 11.5 Å². The van der Waals surface area contributed by atoms with Crippen LogP contribution in [0.5, 0.6) is 5.88 Å². The number of unbranched alkanes of at least 4 members (excludes halogenated alkanes) is 1. The van der Waals surface area contributed by atoms with Crippen LogP contribution < -0.4 is 26.6 Å². The molecule has 1 amide bonds. The van der Waals surface area contributed by atoms with E-state index in [1.54, 1.807) is 40.3 Å². The molecule has 0 aliphatic heterocycles. The number of hydrogen-bond donors (Lipinski definition) is 2. The smallest absolute Gasteiger partial charge is 0.330 e. The van der Waals surface area contributed by atoms with Crippen LogP contribution in [-0.2, 0) is 25.3 Å². The largest absolute Gasteiger partial charge is 0.481 e. The third-order valence-electron chi connectivity index (χ3n) is 9.70. The summed E-state index contributed by atoms with van der Waals surface area (Å²) >= 11 is 14.2. The molecule has 0 spiro atoms. The first-order chi connectivity index (χ1) is 25.4. The maximum atomic E-state index is 13.3. The molecule has 0 bridgehead atoms. The van der Waals surface area contributed by atoms with Crippen molar-refractivity contribution in [1.82, 2.24) is 29.3 Å². The first-order valence-corrected chi connectivity index (χ1v) is 18.6. The number of methoxy groups -OCH3 is 1. The van der Waals surface area contributed by atoms with Crippen molar-refractivity contribution in [2.45, 2.75) is 58.9 Å². The lowest BCUT2D eigenvalue weighted by atomic mass is 9.99. The molecule has 0 fully saturated rings. The molecule has 6 rings (SSSR count). The Kier molecular flexibility index (Phi) is 12.6. The van der Waals surface area contributed by atoms with Crippen molar-refractivity contribution >= 4 is 51.5 Å². The van der Waals surface area contributed by atoms with Crippen LogP contribution in [0.15, 0.2) is 58.1 Å². The van der Waals surface area contributed by atoms with Crippen molar-refractivity contribution in [3.63, 3.8) is 0 Å². The van der Waals surface area contributed by atoms with Gasteiger partial charge in [0.15, 0.2) is 0 Å². The molecule has 280 valence electrons. The molecule has 5 aromatic rings. The molecule has 1 aliphatic carbocycles. The summed E-state index contributed by atoms with van der Waals surface area (Å²) in [4.78, 5) is 49.4. The van der Waals surface area contributed by atoms with Crippen molar-refractivity contribution in [3.05, 3.63) is 96.2 Å². The Morgan fingerprint density at radius 3 is 2.36 bits per heavy atom. The number of benzene rings is 2. The van der Waals surface area contributed by atoms with Gasteiger partial charge in [-0.3, -0.25) is 23.6 Å². The van der Waals surface area contributed by atoms with Crippen LogP contribution in [0.1, 0.15) is 62.4 Å². The van der Waals surface area contributed by atoms with Gasteiger partial charge in [0.1, 0.15) is 11.2 Å². The van der Waals surface area contributed by atoms with Crippen LogP contribution in [0.3, 0.4) is 0 Å². The number of pyridine rings is 2. The highest BCUT2D eigenvalue weighted by Crippen LogP contribution is 2.45. The average Bonchev–Trinajstić information content (AvgIpc) is 3.60. The van der Waals surface area contributed by atoms with Crippen molar-refractivity contribution in [2.75, 3.05) is 33.1 Å². The van der Waals surface area contributed by atoms with Crippen LogP contribution in [0, 0.1) is 6.92 Å². The van der Waals surface area contributed by atoms with Gasteiger partial charge >= 0.3 is 5.69 Å². The van der Waals surface area contributed by atoms with E-state index in [0.717, 1.165) is 47.9 Å². The molecule has 13 heteroatoms. The highest BCUT2D eigenvalue weighted by molar-refractivity contribution is 6.39. The molecule has 1 aliphatic rings. The van der Waals surface area contributed by atoms with Gasteiger partial charge in [0, 0.05) is 61.6 Å².